The summed E-state index contributed by atoms with van der Waals surface area (Å²) in [5.41, 5.74) is 2.86. The number of amides is 1. The standard InChI is InChI=1S/C22H23NO4/c1-4-25-18-9-7-17(8-10-18)23-22(24)20-12-11-19(27-20)14-26-21-13-15(2)5-6-16(21)3/h5-13H,4,14H2,1-3H3,(H,23,24). The summed E-state index contributed by atoms with van der Waals surface area (Å²) in [6.45, 7) is 6.80. The molecule has 0 saturated heterocycles. The minimum atomic E-state index is -0.308. The summed E-state index contributed by atoms with van der Waals surface area (Å²) >= 11 is 0. The number of rotatable bonds is 7. The Balaban J connectivity index is 1.59. The highest BCUT2D eigenvalue weighted by molar-refractivity contribution is 6.02. The number of carbonyl (C=O) groups excluding carboxylic acids is 1. The summed E-state index contributed by atoms with van der Waals surface area (Å²) < 4.78 is 16.8. The lowest BCUT2D eigenvalue weighted by Crippen LogP contribution is -2.10. The zero-order chi connectivity index (χ0) is 19.2. The zero-order valence-electron chi connectivity index (χ0n) is 15.7. The van der Waals surface area contributed by atoms with Crippen molar-refractivity contribution in [2.45, 2.75) is 27.4 Å². The number of carbonyl (C=O) groups is 1. The van der Waals surface area contributed by atoms with Crippen molar-refractivity contribution >= 4 is 11.6 Å². The maximum absolute atomic E-state index is 12.3. The van der Waals surface area contributed by atoms with Crippen LogP contribution < -0.4 is 14.8 Å². The summed E-state index contributed by atoms with van der Waals surface area (Å²) in [7, 11) is 0. The Morgan fingerprint density at radius 3 is 2.52 bits per heavy atom. The van der Waals surface area contributed by atoms with Crippen molar-refractivity contribution < 1.29 is 18.7 Å². The fourth-order valence-corrected chi connectivity index (χ4v) is 2.58. The Kier molecular flexibility index (Phi) is 5.81. The van der Waals surface area contributed by atoms with Crippen LogP contribution in [0.4, 0.5) is 5.69 Å². The lowest BCUT2D eigenvalue weighted by molar-refractivity contribution is 0.0992. The Morgan fingerprint density at radius 1 is 1.00 bits per heavy atom. The van der Waals surface area contributed by atoms with Gasteiger partial charge in [-0.05, 0) is 74.4 Å². The highest BCUT2D eigenvalue weighted by Crippen LogP contribution is 2.21. The van der Waals surface area contributed by atoms with Crippen molar-refractivity contribution in [1.29, 1.82) is 0 Å². The number of aryl methyl sites for hydroxylation is 2. The lowest BCUT2D eigenvalue weighted by Gasteiger charge is -2.08. The minimum Gasteiger partial charge on any atom is -0.494 e. The van der Waals surface area contributed by atoms with Crippen LogP contribution in [0.2, 0.25) is 0 Å². The van der Waals surface area contributed by atoms with Gasteiger partial charge in [-0.15, -0.1) is 0 Å². The van der Waals surface area contributed by atoms with Gasteiger partial charge in [-0.2, -0.15) is 0 Å². The highest BCUT2D eigenvalue weighted by Gasteiger charge is 2.12. The van der Waals surface area contributed by atoms with Gasteiger partial charge in [-0.25, -0.2) is 0 Å². The Labute approximate surface area is 158 Å². The van der Waals surface area contributed by atoms with E-state index in [1.54, 1.807) is 24.3 Å². The molecule has 0 aliphatic carbocycles. The van der Waals surface area contributed by atoms with Crippen LogP contribution in [-0.4, -0.2) is 12.5 Å². The molecule has 0 radical (unpaired) electrons. The molecule has 2 aromatic carbocycles. The minimum absolute atomic E-state index is 0.239. The van der Waals surface area contributed by atoms with Crippen LogP contribution in [-0.2, 0) is 6.61 Å². The van der Waals surface area contributed by atoms with Crippen molar-refractivity contribution in [2.24, 2.45) is 0 Å². The average Bonchev–Trinajstić information content (AvgIpc) is 3.13. The maximum Gasteiger partial charge on any atom is 0.291 e. The van der Waals surface area contributed by atoms with Crippen LogP contribution in [0.5, 0.6) is 11.5 Å². The lowest BCUT2D eigenvalue weighted by atomic mass is 10.1. The molecule has 0 aliphatic heterocycles. The van der Waals surface area contributed by atoms with Gasteiger partial charge in [-0.3, -0.25) is 4.79 Å². The van der Waals surface area contributed by atoms with Gasteiger partial charge < -0.3 is 19.2 Å². The van der Waals surface area contributed by atoms with E-state index in [0.29, 0.717) is 18.1 Å². The number of hydrogen-bond donors (Lipinski definition) is 1. The molecular weight excluding hydrogens is 342 g/mol. The first kappa shape index (κ1) is 18.6. The predicted molar refractivity (Wildman–Crippen MR) is 105 cm³/mol. The van der Waals surface area contributed by atoms with E-state index in [1.165, 1.54) is 0 Å². The van der Waals surface area contributed by atoms with Crippen LogP contribution >= 0.6 is 0 Å². The predicted octanol–water partition coefficient (Wildman–Crippen LogP) is 5.13. The molecule has 0 unspecified atom stereocenters. The number of benzene rings is 2. The van der Waals surface area contributed by atoms with Crippen LogP contribution in [0, 0.1) is 13.8 Å². The molecule has 0 bridgehead atoms. The first-order chi connectivity index (χ1) is 13.0. The van der Waals surface area contributed by atoms with Gasteiger partial charge in [0.2, 0.25) is 0 Å². The molecule has 0 atom stereocenters. The average molecular weight is 365 g/mol. The number of hydrogen-bond acceptors (Lipinski definition) is 4. The van der Waals surface area contributed by atoms with Crippen molar-refractivity contribution in [3.05, 3.63) is 77.2 Å². The molecule has 27 heavy (non-hydrogen) atoms. The van der Waals surface area contributed by atoms with E-state index in [-0.39, 0.29) is 18.3 Å². The summed E-state index contributed by atoms with van der Waals surface area (Å²) in [6.07, 6.45) is 0. The van der Waals surface area contributed by atoms with Gasteiger partial charge in [0.15, 0.2) is 5.76 Å². The largest absolute Gasteiger partial charge is 0.494 e. The van der Waals surface area contributed by atoms with Crippen LogP contribution in [0.25, 0.3) is 0 Å². The first-order valence-electron chi connectivity index (χ1n) is 8.88. The monoisotopic (exact) mass is 365 g/mol. The van der Waals surface area contributed by atoms with E-state index in [2.05, 4.69) is 5.32 Å². The van der Waals surface area contributed by atoms with Gasteiger partial charge >= 0.3 is 0 Å². The summed E-state index contributed by atoms with van der Waals surface area (Å²) in [5, 5.41) is 2.80. The van der Waals surface area contributed by atoms with Crippen LogP contribution in [0.1, 0.15) is 34.4 Å². The molecule has 3 aromatic rings. The van der Waals surface area contributed by atoms with Gasteiger partial charge in [-0.1, -0.05) is 12.1 Å². The third kappa shape index (κ3) is 4.91. The molecule has 0 fully saturated rings. The smallest absolute Gasteiger partial charge is 0.291 e. The SMILES string of the molecule is CCOc1ccc(NC(=O)c2ccc(COc3cc(C)ccc3C)o2)cc1. The molecule has 3 rings (SSSR count). The third-order valence-electron chi connectivity index (χ3n) is 4.02. The molecule has 0 aliphatic rings. The Morgan fingerprint density at radius 2 is 1.78 bits per heavy atom. The van der Waals surface area contributed by atoms with Gasteiger partial charge in [0.25, 0.3) is 5.91 Å². The van der Waals surface area contributed by atoms with E-state index in [9.17, 15) is 4.79 Å². The number of anilines is 1. The van der Waals surface area contributed by atoms with Crippen molar-refractivity contribution in [1.82, 2.24) is 0 Å². The fraction of sp³-hybridized carbons (Fsp3) is 0.227. The molecular formula is C22H23NO4. The molecule has 1 amide bonds. The molecule has 0 spiro atoms. The summed E-state index contributed by atoms with van der Waals surface area (Å²) in [5.74, 6) is 2.10. The molecule has 1 heterocycles. The normalized spacial score (nSPS) is 10.5. The Hall–Kier alpha value is -3.21. The fourth-order valence-electron chi connectivity index (χ4n) is 2.58. The highest BCUT2D eigenvalue weighted by atomic mass is 16.5. The van der Waals surface area contributed by atoms with E-state index >= 15 is 0 Å². The molecule has 1 N–H and O–H groups in total. The van der Waals surface area contributed by atoms with E-state index in [1.807, 2.05) is 51.1 Å². The van der Waals surface area contributed by atoms with Gasteiger partial charge in [0.1, 0.15) is 23.9 Å². The van der Waals surface area contributed by atoms with E-state index < -0.39 is 0 Å². The topological polar surface area (TPSA) is 60.7 Å². The van der Waals surface area contributed by atoms with E-state index in [4.69, 9.17) is 13.9 Å². The molecule has 5 heteroatoms. The molecule has 1 aromatic heterocycles. The van der Waals surface area contributed by atoms with Crippen molar-refractivity contribution in [3.8, 4) is 11.5 Å². The maximum atomic E-state index is 12.3. The summed E-state index contributed by atoms with van der Waals surface area (Å²) in [6, 6.07) is 16.6. The second kappa shape index (κ2) is 8.45. The van der Waals surface area contributed by atoms with Crippen molar-refractivity contribution in [2.75, 3.05) is 11.9 Å². The molecule has 140 valence electrons. The zero-order valence-corrected chi connectivity index (χ0v) is 15.7. The van der Waals surface area contributed by atoms with Gasteiger partial charge in [0.05, 0.1) is 6.61 Å². The number of furan rings is 1. The second-order valence-corrected chi connectivity index (χ2v) is 6.24. The van der Waals surface area contributed by atoms with Gasteiger partial charge in [0, 0.05) is 5.69 Å². The second-order valence-electron chi connectivity index (χ2n) is 6.24. The number of nitrogens with one attached hydrogen (secondary N) is 1. The van der Waals surface area contributed by atoms with Crippen LogP contribution in [0.3, 0.4) is 0 Å². The summed E-state index contributed by atoms with van der Waals surface area (Å²) in [4.78, 5) is 12.3. The van der Waals surface area contributed by atoms with Crippen molar-refractivity contribution in [3.63, 3.8) is 0 Å². The molecule has 0 saturated carbocycles. The quantitative estimate of drug-likeness (QED) is 0.631. The Bertz CT molecular complexity index is 912. The number of ether oxygens (including phenoxy) is 2. The third-order valence-corrected chi connectivity index (χ3v) is 4.02. The first-order valence-corrected chi connectivity index (χ1v) is 8.88. The molecule has 5 nitrogen and oxygen atoms in total. The van der Waals surface area contributed by atoms with E-state index in [0.717, 1.165) is 22.6 Å². The van der Waals surface area contributed by atoms with Crippen LogP contribution in [0.15, 0.2) is 59.0 Å².